The van der Waals surface area contributed by atoms with Gasteiger partial charge in [0.15, 0.2) is 0 Å². The Morgan fingerprint density at radius 1 is 1.38 bits per heavy atom. The van der Waals surface area contributed by atoms with Crippen molar-refractivity contribution in [1.29, 1.82) is 0 Å². The molecule has 0 radical (unpaired) electrons. The number of ether oxygens (including phenoxy) is 1. The van der Waals surface area contributed by atoms with E-state index in [9.17, 15) is 14.4 Å². The lowest BCUT2D eigenvalue weighted by Gasteiger charge is -2.25. The summed E-state index contributed by atoms with van der Waals surface area (Å²) in [4.78, 5) is 34.6. The van der Waals surface area contributed by atoms with E-state index in [4.69, 9.17) is 4.74 Å². The van der Waals surface area contributed by atoms with Crippen molar-refractivity contribution in [2.75, 3.05) is 6.61 Å². The Hall–Kier alpha value is -1.19. The van der Waals surface area contributed by atoms with Crippen molar-refractivity contribution in [3.63, 3.8) is 0 Å². The van der Waals surface area contributed by atoms with Crippen LogP contribution >= 0.6 is 0 Å². The van der Waals surface area contributed by atoms with Gasteiger partial charge in [0.05, 0.1) is 18.4 Å². The smallest absolute Gasteiger partial charge is 0.308 e. The normalized spacial score (nSPS) is 25.2. The van der Waals surface area contributed by atoms with Gasteiger partial charge in [-0.1, -0.05) is 6.92 Å². The minimum Gasteiger partial charge on any atom is -0.466 e. The first-order chi connectivity index (χ1) is 7.60. The Morgan fingerprint density at radius 3 is 2.62 bits per heavy atom. The third-order valence-corrected chi connectivity index (χ3v) is 3.01. The number of Topliss-reactive ketones (excluding diaryl/α,β-unsaturated/α-hetero) is 2. The summed E-state index contributed by atoms with van der Waals surface area (Å²) in [7, 11) is 0. The first-order valence-corrected chi connectivity index (χ1v) is 5.82. The fraction of sp³-hybridized carbons (Fsp3) is 0.750. The van der Waals surface area contributed by atoms with Gasteiger partial charge in [-0.2, -0.15) is 0 Å². The molecule has 0 aliphatic heterocycles. The fourth-order valence-corrected chi connectivity index (χ4v) is 2.06. The highest BCUT2D eigenvalue weighted by molar-refractivity contribution is 6.03. The van der Waals surface area contributed by atoms with Crippen LogP contribution in [0.3, 0.4) is 0 Å². The molecular weight excluding hydrogens is 208 g/mol. The number of rotatable bonds is 4. The van der Waals surface area contributed by atoms with Crippen LogP contribution in [0.25, 0.3) is 0 Å². The van der Waals surface area contributed by atoms with E-state index >= 15 is 0 Å². The molecule has 0 aromatic carbocycles. The van der Waals surface area contributed by atoms with Crippen molar-refractivity contribution in [1.82, 2.24) is 0 Å². The Morgan fingerprint density at radius 2 is 2.06 bits per heavy atom. The molecule has 90 valence electrons. The van der Waals surface area contributed by atoms with E-state index in [1.165, 1.54) is 0 Å². The number of carbonyl (C=O) groups is 3. The average Bonchev–Trinajstić information content (AvgIpc) is 2.29. The largest absolute Gasteiger partial charge is 0.466 e. The molecule has 2 atom stereocenters. The van der Waals surface area contributed by atoms with E-state index in [0.29, 0.717) is 32.3 Å². The summed E-state index contributed by atoms with van der Waals surface area (Å²) in [5.74, 6) is -1.21. The first-order valence-electron chi connectivity index (χ1n) is 5.82. The van der Waals surface area contributed by atoms with E-state index in [0.717, 1.165) is 0 Å². The Balaban J connectivity index is 2.63. The van der Waals surface area contributed by atoms with Crippen LogP contribution in [0.5, 0.6) is 0 Å². The number of carbonyl (C=O) groups excluding carboxylic acids is 3. The Labute approximate surface area is 95.3 Å². The quantitative estimate of drug-likeness (QED) is 0.538. The zero-order chi connectivity index (χ0) is 12.1. The van der Waals surface area contributed by atoms with Gasteiger partial charge in [0.25, 0.3) is 0 Å². The van der Waals surface area contributed by atoms with E-state index < -0.39 is 5.92 Å². The summed E-state index contributed by atoms with van der Waals surface area (Å²) in [6, 6.07) is 0. The van der Waals surface area contributed by atoms with Crippen LogP contribution in [0, 0.1) is 11.8 Å². The van der Waals surface area contributed by atoms with Crippen molar-refractivity contribution in [2.45, 2.75) is 39.5 Å². The topological polar surface area (TPSA) is 60.4 Å². The monoisotopic (exact) mass is 226 g/mol. The van der Waals surface area contributed by atoms with Gasteiger partial charge in [0.1, 0.15) is 11.6 Å². The van der Waals surface area contributed by atoms with Crippen LogP contribution < -0.4 is 0 Å². The van der Waals surface area contributed by atoms with Crippen LogP contribution in [0.1, 0.15) is 39.5 Å². The van der Waals surface area contributed by atoms with Crippen molar-refractivity contribution in [2.24, 2.45) is 11.8 Å². The minimum absolute atomic E-state index is 0.0209. The molecule has 4 nitrogen and oxygen atoms in total. The number of ketones is 2. The molecule has 1 saturated carbocycles. The summed E-state index contributed by atoms with van der Waals surface area (Å²) in [5.41, 5.74) is 0. The summed E-state index contributed by atoms with van der Waals surface area (Å²) in [5, 5.41) is 0. The molecule has 2 unspecified atom stereocenters. The molecule has 0 aromatic heterocycles. The van der Waals surface area contributed by atoms with Gasteiger partial charge < -0.3 is 4.74 Å². The van der Waals surface area contributed by atoms with Crippen LogP contribution in [-0.2, 0) is 19.1 Å². The van der Waals surface area contributed by atoms with Gasteiger partial charge >= 0.3 is 5.97 Å². The van der Waals surface area contributed by atoms with Crippen LogP contribution in [0.15, 0.2) is 0 Å². The fourth-order valence-electron chi connectivity index (χ4n) is 2.06. The Kier molecular flexibility index (Phi) is 4.65. The highest BCUT2D eigenvalue weighted by Crippen LogP contribution is 2.28. The maximum Gasteiger partial charge on any atom is 0.308 e. The number of hydrogen-bond acceptors (Lipinski definition) is 4. The van der Waals surface area contributed by atoms with Gasteiger partial charge in [-0.15, -0.1) is 0 Å². The second-order valence-corrected chi connectivity index (χ2v) is 4.06. The third-order valence-electron chi connectivity index (χ3n) is 3.01. The van der Waals surface area contributed by atoms with Gasteiger partial charge in [-0.05, 0) is 19.8 Å². The molecule has 1 aliphatic carbocycles. The molecule has 1 fully saturated rings. The van der Waals surface area contributed by atoms with Crippen LogP contribution in [0.4, 0.5) is 0 Å². The number of hydrogen-bond donors (Lipinski definition) is 0. The van der Waals surface area contributed by atoms with E-state index in [2.05, 4.69) is 0 Å². The zero-order valence-electron chi connectivity index (χ0n) is 9.82. The van der Waals surface area contributed by atoms with E-state index in [1.54, 1.807) is 13.8 Å². The second-order valence-electron chi connectivity index (χ2n) is 4.06. The lowest BCUT2D eigenvalue weighted by Crippen LogP contribution is -2.34. The van der Waals surface area contributed by atoms with Gasteiger partial charge in [0.2, 0.25) is 0 Å². The highest BCUT2D eigenvalue weighted by Gasteiger charge is 2.36. The predicted octanol–water partition coefficient (Wildman–Crippen LogP) is 1.51. The van der Waals surface area contributed by atoms with Crippen LogP contribution in [-0.4, -0.2) is 24.1 Å². The van der Waals surface area contributed by atoms with Crippen molar-refractivity contribution in [3.05, 3.63) is 0 Å². The minimum atomic E-state index is -0.576. The maximum atomic E-state index is 11.5. The van der Waals surface area contributed by atoms with Crippen molar-refractivity contribution < 1.29 is 19.1 Å². The number of esters is 1. The molecule has 0 N–H and O–H groups in total. The molecule has 0 amide bonds. The predicted molar refractivity (Wildman–Crippen MR) is 57.8 cm³/mol. The standard InChI is InChI=1S/C12H18O4/c1-3-10(13)9-7-8(5-6-11(9)14)12(15)16-4-2/h8-9H,3-7H2,1-2H3. The lowest BCUT2D eigenvalue weighted by molar-refractivity contribution is -0.151. The molecule has 4 heteroatoms. The summed E-state index contributed by atoms with van der Waals surface area (Å²) >= 11 is 0. The molecule has 0 spiro atoms. The van der Waals surface area contributed by atoms with E-state index in [-0.39, 0.29) is 23.5 Å². The zero-order valence-corrected chi connectivity index (χ0v) is 9.82. The Bertz CT molecular complexity index is 287. The second kappa shape index (κ2) is 5.77. The SMILES string of the molecule is CCOC(=O)C1CCC(=O)C(C(=O)CC)C1. The average molecular weight is 226 g/mol. The van der Waals surface area contributed by atoms with Gasteiger partial charge in [-0.3, -0.25) is 14.4 Å². The highest BCUT2D eigenvalue weighted by atomic mass is 16.5. The summed E-state index contributed by atoms with van der Waals surface area (Å²) in [6.07, 6.45) is 1.53. The first kappa shape index (κ1) is 12.9. The van der Waals surface area contributed by atoms with Gasteiger partial charge in [-0.25, -0.2) is 0 Å². The van der Waals surface area contributed by atoms with E-state index in [1.807, 2.05) is 0 Å². The van der Waals surface area contributed by atoms with Crippen molar-refractivity contribution >= 4 is 17.5 Å². The molecule has 0 aromatic rings. The third kappa shape index (κ3) is 2.90. The van der Waals surface area contributed by atoms with Gasteiger partial charge in [0, 0.05) is 12.8 Å². The summed E-state index contributed by atoms with van der Waals surface area (Å²) in [6.45, 7) is 3.83. The molecule has 0 heterocycles. The molecule has 1 aliphatic rings. The van der Waals surface area contributed by atoms with Crippen molar-refractivity contribution in [3.8, 4) is 0 Å². The molecular formula is C12H18O4. The molecule has 16 heavy (non-hydrogen) atoms. The summed E-state index contributed by atoms with van der Waals surface area (Å²) < 4.78 is 4.92. The molecule has 0 bridgehead atoms. The molecule has 0 saturated heterocycles. The molecule has 1 rings (SSSR count). The lowest BCUT2D eigenvalue weighted by atomic mass is 9.78. The van der Waals surface area contributed by atoms with Crippen LogP contribution in [0.2, 0.25) is 0 Å². The maximum absolute atomic E-state index is 11.5.